The molecule has 5 heteroatoms. The molecule has 0 aromatic heterocycles. The van der Waals surface area contributed by atoms with Crippen LogP contribution >= 0.6 is 12.6 Å². The number of hydrogen-bond donors (Lipinski definition) is 2. The van der Waals surface area contributed by atoms with Crippen LogP contribution in [-0.4, -0.2) is 30.8 Å². The van der Waals surface area contributed by atoms with Crippen molar-refractivity contribution in [2.24, 2.45) is 0 Å². The molecule has 0 rings (SSSR count). The summed E-state index contributed by atoms with van der Waals surface area (Å²) in [5.74, 6) is -0.601. The molecule has 0 aliphatic rings. The Balaban J connectivity index is 4.12. The number of methoxy groups -OCH3 is 1. The maximum atomic E-state index is 11.0. The van der Waals surface area contributed by atoms with Gasteiger partial charge in [-0.05, 0) is 13.0 Å². The molecule has 0 fully saturated rings. The molecule has 13 heavy (non-hydrogen) atoms. The molecule has 0 spiro atoms. The van der Waals surface area contributed by atoms with Gasteiger partial charge in [0.2, 0.25) is 5.91 Å². The topological polar surface area (TPSA) is 55.4 Å². The summed E-state index contributed by atoms with van der Waals surface area (Å²) in [4.78, 5) is 22.0. The number of hydrogen-bond acceptors (Lipinski definition) is 4. The molecule has 0 radical (unpaired) electrons. The van der Waals surface area contributed by atoms with Gasteiger partial charge in [-0.2, -0.15) is 12.6 Å². The van der Waals surface area contributed by atoms with E-state index in [2.05, 4.69) is 22.7 Å². The van der Waals surface area contributed by atoms with Gasteiger partial charge in [-0.15, -0.1) is 0 Å². The van der Waals surface area contributed by atoms with E-state index in [0.717, 1.165) is 0 Å². The van der Waals surface area contributed by atoms with Crippen molar-refractivity contribution in [1.82, 2.24) is 5.32 Å². The summed E-state index contributed by atoms with van der Waals surface area (Å²) < 4.78 is 4.46. The summed E-state index contributed by atoms with van der Waals surface area (Å²) >= 11 is 3.91. The molecule has 0 saturated carbocycles. The summed E-state index contributed by atoms with van der Waals surface area (Å²) in [7, 11) is 1.26. The van der Waals surface area contributed by atoms with E-state index in [0.29, 0.717) is 0 Å². The van der Waals surface area contributed by atoms with Gasteiger partial charge in [0.05, 0.1) is 7.11 Å². The second-order valence-electron chi connectivity index (χ2n) is 2.27. The van der Waals surface area contributed by atoms with Gasteiger partial charge >= 0.3 is 5.97 Å². The second kappa shape index (κ2) is 6.54. The van der Waals surface area contributed by atoms with Crippen LogP contribution < -0.4 is 5.32 Å². The van der Waals surface area contributed by atoms with Crippen molar-refractivity contribution < 1.29 is 14.3 Å². The highest BCUT2D eigenvalue weighted by molar-refractivity contribution is 7.80. The first-order valence-electron chi connectivity index (χ1n) is 3.77. The monoisotopic (exact) mass is 203 g/mol. The van der Waals surface area contributed by atoms with Gasteiger partial charge in [0, 0.05) is 5.75 Å². The minimum absolute atomic E-state index is 0.218. The number of carbonyl (C=O) groups is 2. The molecule has 0 aromatic rings. The van der Waals surface area contributed by atoms with Crippen molar-refractivity contribution in [2.75, 3.05) is 12.9 Å². The number of allylic oxidation sites excluding steroid dienone is 1. The largest absolute Gasteiger partial charge is 0.467 e. The third-order valence-electron chi connectivity index (χ3n) is 1.30. The van der Waals surface area contributed by atoms with Gasteiger partial charge in [0.15, 0.2) is 0 Å². The highest BCUT2D eigenvalue weighted by Gasteiger charge is 2.18. The fraction of sp³-hybridized carbons (Fsp3) is 0.500. The van der Waals surface area contributed by atoms with E-state index in [4.69, 9.17) is 0 Å². The van der Waals surface area contributed by atoms with Crippen LogP contribution in [0.5, 0.6) is 0 Å². The average Bonchev–Trinajstić information content (AvgIpc) is 2.13. The zero-order chi connectivity index (χ0) is 10.3. The molecule has 1 atom stereocenters. The number of nitrogens with one attached hydrogen (secondary N) is 1. The summed E-state index contributed by atoms with van der Waals surface area (Å²) in [6.45, 7) is 1.72. The Kier molecular flexibility index (Phi) is 6.05. The van der Waals surface area contributed by atoms with Gasteiger partial charge in [-0.1, -0.05) is 6.08 Å². The molecule has 1 amide bonds. The zero-order valence-electron chi connectivity index (χ0n) is 7.61. The van der Waals surface area contributed by atoms with Crippen molar-refractivity contribution in [1.29, 1.82) is 0 Å². The van der Waals surface area contributed by atoms with E-state index < -0.39 is 12.0 Å². The third-order valence-corrected chi connectivity index (χ3v) is 1.67. The molecular weight excluding hydrogens is 190 g/mol. The van der Waals surface area contributed by atoms with Crippen molar-refractivity contribution in [2.45, 2.75) is 13.0 Å². The molecule has 0 saturated heterocycles. The minimum atomic E-state index is -0.683. The fourth-order valence-electron chi connectivity index (χ4n) is 0.693. The molecule has 1 unspecified atom stereocenters. The molecule has 1 N–H and O–H groups in total. The Hall–Kier alpha value is -0.970. The number of thiol groups is 1. The lowest BCUT2D eigenvalue weighted by Gasteiger charge is -2.12. The summed E-state index contributed by atoms with van der Waals surface area (Å²) in [6, 6.07) is -0.683. The molecule has 0 aliphatic heterocycles. The van der Waals surface area contributed by atoms with Crippen LogP contribution in [0.1, 0.15) is 6.92 Å². The van der Waals surface area contributed by atoms with Crippen LogP contribution in [0.4, 0.5) is 0 Å². The maximum Gasteiger partial charge on any atom is 0.329 e. The summed E-state index contributed by atoms with van der Waals surface area (Å²) in [5.41, 5.74) is 0. The van der Waals surface area contributed by atoms with Gasteiger partial charge in [-0.3, -0.25) is 4.79 Å². The number of amides is 1. The SMILES string of the molecule is C/C=C/C(=O)NC(CS)C(=O)OC. The van der Waals surface area contributed by atoms with Crippen molar-refractivity contribution in [3.05, 3.63) is 12.2 Å². The van der Waals surface area contributed by atoms with Gasteiger partial charge in [0.1, 0.15) is 6.04 Å². The van der Waals surface area contributed by atoms with Crippen LogP contribution in [0.25, 0.3) is 0 Å². The normalized spacial score (nSPS) is 12.5. The molecule has 0 heterocycles. The molecule has 0 aliphatic carbocycles. The zero-order valence-corrected chi connectivity index (χ0v) is 8.51. The Morgan fingerprint density at radius 2 is 2.23 bits per heavy atom. The lowest BCUT2D eigenvalue weighted by atomic mass is 10.3. The second-order valence-corrected chi connectivity index (χ2v) is 2.63. The van der Waals surface area contributed by atoms with E-state index in [-0.39, 0.29) is 11.7 Å². The first-order valence-corrected chi connectivity index (χ1v) is 4.40. The number of esters is 1. The molecule has 0 bridgehead atoms. The minimum Gasteiger partial charge on any atom is -0.467 e. The maximum absolute atomic E-state index is 11.0. The molecule has 0 aromatic carbocycles. The van der Waals surface area contributed by atoms with Crippen molar-refractivity contribution >= 4 is 24.5 Å². The quantitative estimate of drug-likeness (QED) is 0.388. The Morgan fingerprint density at radius 3 is 2.62 bits per heavy atom. The molecule has 74 valence electrons. The van der Waals surface area contributed by atoms with E-state index in [1.165, 1.54) is 13.2 Å². The predicted molar refractivity (Wildman–Crippen MR) is 52.6 cm³/mol. The van der Waals surface area contributed by atoms with Crippen molar-refractivity contribution in [3.8, 4) is 0 Å². The van der Waals surface area contributed by atoms with Crippen LogP contribution in [0.2, 0.25) is 0 Å². The number of carbonyl (C=O) groups excluding carboxylic acids is 2. The first-order chi connectivity index (χ1) is 6.15. The fourth-order valence-corrected chi connectivity index (χ4v) is 0.933. The average molecular weight is 203 g/mol. The predicted octanol–water partition coefficient (Wildman–Crippen LogP) is 0.150. The van der Waals surface area contributed by atoms with Crippen LogP contribution in [0.3, 0.4) is 0 Å². The lowest BCUT2D eigenvalue weighted by molar-refractivity contribution is -0.143. The Labute approximate surface area is 82.7 Å². The summed E-state index contributed by atoms with van der Waals surface area (Å²) in [5, 5.41) is 2.44. The highest BCUT2D eigenvalue weighted by atomic mass is 32.1. The number of ether oxygens (including phenoxy) is 1. The smallest absolute Gasteiger partial charge is 0.329 e. The van der Waals surface area contributed by atoms with Crippen LogP contribution in [0.15, 0.2) is 12.2 Å². The Morgan fingerprint density at radius 1 is 1.62 bits per heavy atom. The standard InChI is InChI=1S/C8H13NO3S/c1-3-4-7(10)9-6(5-13)8(11)12-2/h3-4,6,13H,5H2,1-2H3,(H,9,10)/b4-3+. The third kappa shape index (κ3) is 4.57. The van der Waals surface area contributed by atoms with Gasteiger partial charge in [0.25, 0.3) is 0 Å². The van der Waals surface area contributed by atoms with Gasteiger partial charge in [-0.25, -0.2) is 4.79 Å². The molecular formula is C8H13NO3S. The number of rotatable bonds is 4. The first kappa shape index (κ1) is 12.0. The summed E-state index contributed by atoms with van der Waals surface area (Å²) in [6.07, 6.45) is 2.92. The van der Waals surface area contributed by atoms with Crippen molar-refractivity contribution in [3.63, 3.8) is 0 Å². The van der Waals surface area contributed by atoms with E-state index in [1.54, 1.807) is 13.0 Å². The lowest BCUT2D eigenvalue weighted by Crippen LogP contribution is -2.42. The van der Waals surface area contributed by atoms with Crippen LogP contribution in [0, 0.1) is 0 Å². The Bertz CT molecular complexity index is 215. The van der Waals surface area contributed by atoms with E-state index in [9.17, 15) is 9.59 Å². The van der Waals surface area contributed by atoms with E-state index >= 15 is 0 Å². The highest BCUT2D eigenvalue weighted by Crippen LogP contribution is 1.91. The van der Waals surface area contributed by atoms with E-state index in [1.807, 2.05) is 0 Å². The van der Waals surface area contributed by atoms with Crippen LogP contribution in [-0.2, 0) is 14.3 Å². The molecule has 4 nitrogen and oxygen atoms in total. The van der Waals surface area contributed by atoms with Gasteiger partial charge < -0.3 is 10.1 Å².